The van der Waals surface area contributed by atoms with E-state index in [2.05, 4.69) is 51.2 Å². The lowest BCUT2D eigenvalue weighted by molar-refractivity contribution is -0.0810. The van der Waals surface area contributed by atoms with Crippen LogP contribution in [0.4, 0.5) is 0 Å². The minimum Gasteiger partial charge on any atom is -0.370 e. The van der Waals surface area contributed by atoms with Crippen LogP contribution in [-0.2, 0) is 10.3 Å². The molecule has 0 spiro atoms. The van der Waals surface area contributed by atoms with Gasteiger partial charge in [0.1, 0.15) is 0 Å². The molecule has 1 N–H and O–H groups in total. The predicted molar refractivity (Wildman–Crippen MR) is 75.9 cm³/mol. The average molecular weight is 247 g/mol. The average Bonchev–Trinajstić information content (AvgIpc) is 2.33. The van der Waals surface area contributed by atoms with Crippen molar-refractivity contribution in [1.82, 2.24) is 5.32 Å². The molecule has 1 aromatic rings. The van der Waals surface area contributed by atoms with E-state index in [-0.39, 0.29) is 5.60 Å². The van der Waals surface area contributed by atoms with E-state index in [1.54, 1.807) is 0 Å². The van der Waals surface area contributed by atoms with Crippen molar-refractivity contribution in [1.29, 1.82) is 0 Å². The maximum atomic E-state index is 6.08. The van der Waals surface area contributed by atoms with Crippen molar-refractivity contribution < 1.29 is 4.74 Å². The van der Waals surface area contributed by atoms with E-state index < -0.39 is 0 Å². The van der Waals surface area contributed by atoms with Crippen molar-refractivity contribution >= 4 is 0 Å². The summed E-state index contributed by atoms with van der Waals surface area (Å²) in [5.74, 6) is 0. The molecular weight excluding hydrogens is 222 g/mol. The summed E-state index contributed by atoms with van der Waals surface area (Å²) < 4.78 is 6.08. The largest absolute Gasteiger partial charge is 0.370 e. The zero-order valence-corrected chi connectivity index (χ0v) is 12.0. The second kappa shape index (κ2) is 5.41. The van der Waals surface area contributed by atoms with Gasteiger partial charge in [0.15, 0.2) is 0 Å². The van der Waals surface area contributed by atoms with Crippen molar-refractivity contribution in [3.63, 3.8) is 0 Å². The normalized spacial score (nSPS) is 28.3. The molecule has 0 amide bonds. The van der Waals surface area contributed by atoms with Crippen molar-refractivity contribution in [2.45, 2.75) is 52.2 Å². The molecule has 0 radical (unpaired) electrons. The van der Waals surface area contributed by atoms with Gasteiger partial charge < -0.3 is 10.1 Å². The molecule has 1 saturated heterocycles. The summed E-state index contributed by atoms with van der Waals surface area (Å²) in [6.07, 6.45) is 2.18. The van der Waals surface area contributed by atoms with Gasteiger partial charge in [-0.2, -0.15) is 0 Å². The quantitative estimate of drug-likeness (QED) is 0.885. The Morgan fingerprint density at radius 2 is 2.11 bits per heavy atom. The zero-order valence-electron chi connectivity index (χ0n) is 12.0. The third-order valence-corrected chi connectivity index (χ3v) is 4.13. The lowest BCUT2D eigenvalue weighted by Gasteiger charge is -2.39. The molecule has 18 heavy (non-hydrogen) atoms. The topological polar surface area (TPSA) is 21.3 Å². The Balaban J connectivity index is 2.21. The van der Waals surface area contributed by atoms with Crippen LogP contribution in [0, 0.1) is 13.8 Å². The van der Waals surface area contributed by atoms with Crippen molar-refractivity contribution in [3.8, 4) is 0 Å². The van der Waals surface area contributed by atoms with Gasteiger partial charge in [-0.05, 0) is 56.8 Å². The number of nitrogens with one attached hydrogen (secondary N) is 1. The van der Waals surface area contributed by atoms with Crippen LogP contribution in [0.25, 0.3) is 0 Å². The van der Waals surface area contributed by atoms with Crippen LogP contribution < -0.4 is 5.32 Å². The molecule has 1 aliphatic heterocycles. The fraction of sp³-hybridized carbons (Fsp3) is 0.625. The molecule has 2 atom stereocenters. The summed E-state index contributed by atoms with van der Waals surface area (Å²) in [5, 5.41) is 3.56. The van der Waals surface area contributed by atoms with Gasteiger partial charge in [-0.3, -0.25) is 0 Å². The van der Waals surface area contributed by atoms with Gasteiger partial charge in [0.25, 0.3) is 0 Å². The highest BCUT2D eigenvalue weighted by atomic mass is 16.5. The molecule has 0 bridgehead atoms. The number of ether oxygens (including phenoxy) is 1. The van der Waals surface area contributed by atoms with Crippen LogP contribution in [0.3, 0.4) is 0 Å². The highest BCUT2D eigenvalue weighted by molar-refractivity contribution is 5.33. The van der Waals surface area contributed by atoms with Crippen LogP contribution in [0.1, 0.15) is 43.4 Å². The van der Waals surface area contributed by atoms with E-state index in [0.717, 1.165) is 26.0 Å². The molecule has 1 aromatic carbocycles. The zero-order chi connectivity index (χ0) is 13.2. The van der Waals surface area contributed by atoms with Gasteiger partial charge in [-0.25, -0.2) is 0 Å². The van der Waals surface area contributed by atoms with Crippen LogP contribution in [0.2, 0.25) is 0 Å². The maximum Gasteiger partial charge on any atom is 0.0918 e. The standard InChI is InChI=1S/C16H25NO/c1-5-17-15-8-9-18-16(4,11-15)14-7-6-12(2)13(3)10-14/h6-7,10,15,17H,5,8-9,11H2,1-4H3. The number of rotatable bonds is 3. The van der Waals surface area contributed by atoms with Gasteiger partial charge in [0.05, 0.1) is 5.60 Å². The highest BCUT2D eigenvalue weighted by Crippen LogP contribution is 2.35. The minimum absolute atomic E-state index is 0.135. The number of benzene rings is 1. The first-order valence-corrected chi connectivity index (χ1v) is 7.00. The van der Waals surface area contributed by atoms with Crippen molar-refractivity contribution in [2.75, 3.05) is 13.2 Å². The van der Waals surface area contributed by atoms with Crippen LogP contribution in [-0.4, -0.2) is 19.2 Å². The molecular formula is C16H25NO. The molecule has 100 valence electrons. The Morgan fingerprint density at radius 3 is 2.78 bits per heavy atom. The summed E-state index contributed by atoms with van der Waals surface area (Å²) in [5.41, 5.74) is 3.88. The van der Waals surface area contributed by atoms with Gasteiger partial charge in [-0.1, -0.05) is 25.1 Å². The van der Waals surface area contributed by atoms with Gasteiger partial charge in [0.2, 0.25) is 0 Å². The van der Waals surface area contributed by atoms with Crippen LogP contribution in [0.15, 0.2) is 18.2 Å². The summed E-state index contributed by atoms with van der Waals surface area (Å²) in [6, 6.07) is 7.28. The molecule has 2 rings (SSSR count). The van der Waals surface area contributed by atoms with Crippen LogP contribution >= 0.6 is 0 Å². The molecule has 0 aliphatic carbocycles. The van der Waals surface area contributed by atoms with E-state index in [1.165, 1.54) is 16.7 Å². The number of hydrogen-bond acceptors (Lipinski definition) is 2. The second-order valence-electron chi connectivity index (χ2n) is 5.63. The SMILES string of the molecule is CCNC1CCOC(C)(c2ccc(C)c(C)c2)C1. The van der Waals surface area contributed by atoms with Crippen molar-refractivity contribution in [3.05, 3.63) is 34.9 Å². The van der Waals surface area contributed by atoms with Crippen molar-refractivity contribution in [2.24, 2.45) is 0 Å². The molecule has 0 saturated carbocycles. The molecule has 2 heteroatoms. The highest BCUT2D eigenvalue weighted by Gasteiger charge is 2.34. The third-order valence-electron chi connectivity index (χ3n) is 4.13. The predicted octanol–water partition coefficient (Wildman–Crippen LogP) is 3.31. The molecule has 1 aliphatic rings. The summed E-state index contributed by atoms with van der Waals surface area (Å²) >= 11 is 0. The Morgan fingerprint density at radius 1 is 1.33 bits per heavy atom. The summed E-state index contributed by atoms with van der Waals surface area (Å²) in [6.45, 7) is 10.6. The number of aryl methyl sites for hydroxylation is 2. The van der Waals surface area contributed by atoms with E-state index in [9.17, 15) is 0 Å². The fourth-order valence-electron chi connectivity index (χ4n) is 2.79. The van der Waals surface area contributed by atoms with Gasteiger partial charge >= 0.3 is 0 Å². The smallest absolute Gasteiger partial charge is 0.0918 e. The molecule has 2 nitrogen and oxygen atoms in total. The molecule has 1 fully saturated rings. The summed E-state index contributed by atoms with van der Waals surface area (Å²) in [7, 11) is 0. The van der Waals surface area contributed by atoms with Gasteiger partial charge in [0, 0.05) is 12.6 Å². The maximum absolute atomic E-state index is 6.08. The lowest BCUT2D eigenvalue weighted by Crippen LogP contribution is -2.43. The van der Waals surface area contributed by atoms with E-state index >= 15 is 0 Å². The molecule has 0 aromatic heterocycles. The first-order valence-electron chi connectivity index (χ1n) is 7.00. The second-order valence-corrected chi connectivity index (χ2v) is 5.63. The Bertz CT molecular complexity index is 414. The van der Waals surface area contributed by atoms with Crippen LogP contribution in [0.5, 0.6) is 0 Å². The molecule has 2 unspecified atom stereocenters. The Hall–Kier alpha value is -0.860. The fourth-order valence-corrected chi connectivity index (χ4v) is 2.79. The first-order chi connectivity index (χ1) is 8.55. The van der Waals surface area contributed by atoms with Gasteiger partial charge in [-0.15, -0.1) is 0 Å². The minimum atomic E-state index is -0.135. The monoisotopic (exact) mass is 247 g/mol. The summed E-state index contributed by atoms with van der Waals surface area (Å²) in [4.78, 5) is 0. The Kier molecular flexibility index (Phi) is 4.08. The Labute approximate surface area is 111 Å². The lowest BCUT2D eigenvalue weighted by atomic mass is 9.84. The van der Waals surface area contributed by atoms with E-state index in [1.807, 2.05) is 0 Å². The first kappa shape index (κ1) is 13.6. The number of hydrogen-bond donors (Lipinski definition) is 1. The van der Waals surface area contributed by atoms with E-state index in [4.69, 9.17) is 4.74 Å². The molecule has 1 heterocycles. The third kappa shape index (κ3) is 2.76. The van der Waals surface area contributed by atoms with E-state index in [0.29, 0.717) is 6.04 Å².